The van der Waals surface area contributed by atoms with E-state index in [9.17, 15) is 17.6 Å². The Morgan fingerprint density at radius 3 is 2.00 bits per heavy atom. The first-order chi connectivity index (χ1) is 15.8. The van der Waals surface area contributed by atoms with Gasteiger partial charge in [0.15, 0.2) is 11.6 Å². The smallest absolute Gasteiger partial charge is 0.416 e. The Balaban J connectivity index is 1.42. The molecule has 0 atom stereocenters. The third-order valence-electron chi connectivity index (χ3n) is 7.74. The van der Waals surface area contributed by atoms with Crippen LogP contribution in [0.25, 0.3) is 0 Å². The molecule has 0 aliphatic heterocycles. The number of ether oxygens (including phenoxy) is 1. The minimum Gasteiger partial charge on any atom is -0.454 e. The van der Waals surface area contributed by atoms with Crippen molar-refractivity contribution in [1.29, 1.82) is 0 Å². The highest BCUT2D eigenvalue weighted by atomic mass is 19.4. The molecule has 6 heteroatoms. The second-order valence-corrected chi connectivity index (χ2v) is 9.62. The van der Waals surface area contributed by atoms with Gasteiger partial charge in [0.1, 0.15) is 11.6 Å². The molecule has 0 bridgehead atoms. The van der Waals surface area contributed by atoms with Crippen molar-refractivity contribution in [2.24, 2.45) is 17.8 Å². The Hall–Kier alpha value is -2.11. The third-order valence-corrected chi connectivity index (χ3v) is 7.74. The summed E-state index contributed by atoms with van der Waals surface area (Å²) in [4.78, 5) is 0. The predicted octanol–water partition coefficient (Wildman–Crippen LogP) is 9.07. The van der Waals surface area contributed by atoms with Crippen molar-refractivity contribution in [2.75, 3.05) is 0 Å². The van der Waals surface area contributed by atoms with Crippen LogP contribution in [0.5, 0.6) is 11.5 Å². The van der Waals surface area contributed by atoms with E-state index in [4.69, 9.17) is 4.74 Å². The number of hydrogen-bond donors (Lipinski definition) is 0. The topological polar surface area (TPSA) is 9.23 Å². The highest BCUT2D eigenvalue weighted by molar-refractivity contribution is 5.38. The normalized spacial score (nSPS) is 26.2. The summed E-state index contributed by atoms with van der Waals surface area (Å²) in [6, 6.07) is 7.50. The first-order valence-corrected chi connectivity index (χ1v) is 12.0. The van der Waals surface area contributed by atoms with Crippen LogP contribution in [0.2, 0.25) is 0 Å². The Bertz CT molecular complexity index is 921. The van der Waals surface area contributed by atoms with E-state index >= 15 is 4.39 Å². The number of rotatable bonds is 5. The van der Waals surface area contributed by atoms with E-state index in [0.717, 1.165) is 67.9 Å². The molecule has 1 nitrogen and oxygen atoms in total. The molecular weight excluding hydrogens is 435 g/mol. The molecule has 0 amide bonds. The molecule has 0 spiro atoms. The first kappa shape index (κ1) is 24.0. The first-order valence-electron chi connectivity index (χ1n) is 12.0. The zero-order chi connectivity index (χ0) is 23.6. The summed E-state index contributed by atoms with van der Waals surface area (Å²) in [5.74, 6) is 0.297. The lowest BCUT2D eigenvalue weighted by molar-refractivity contribution is -0.137. The summed E-state index contributed by atoms with van der Waals surface area (Å²) >= 11 is 0. The lowest BCUT2D eigenvalue weighted by atomic mass is 9.68. The summed E-state index contributed by atoms with van der Waals surface area (Å²) < 4.78 is 73.5. The molecule has 4 rings (SSSR count). The predicted molar refractivity (Wildman–Crippen MR) is 117 cm³/mol. The molecular formula is C27H30F5O. The zero-order valence-electron chi connectivity index (χ0n) is 18.9. The van der Waals surface area contributed by atoms with Gasteiger partial charge in [0.05, 0.1) is 5.56 Å². The van der Waals surface area contributed by atoms with Crippen molar-refractivity contribution in [2.45, 2.75) is 76.8 Å². The molecule has 0 heterocycles. The van der Waals surface area contributed by atoms with Crippen LogP contribution in [0.1, 0.15) is 81.8 Å². The molecule has 2 aromatic rings. The van der Waals surface area contributed by atoms with Gasteiger partial charge in [0, 0.05) is 11.6 Å². The van der Waals surface area contributed by atoms with Gasteiger partial charge in [-0.05, 0) is 92.5 Å². The fourth-order valence-electron chi connectivity index (χ4n) is 5.72. The fourth-order valence-corrected chi connectivity index (χ4v) is 5.72. The van der Waals surface area contributed by atoms with Gasteiger partial charge < -0.3 is 4.74 Å². The van der Waals surface area contributed by atoms with Crippen molar-refractivity contribution in [3.8, 4) is 11.5 Å². The van der Waals surface area contributed by atoms with Crippen molar-refractivity contribution < 1.29 is 26.7 Å². The number of halogens is 5. The molecule has 0 aromatic heterocycles. The fraction of sp³-hybridized carbons (Fsp3) is 0.556. The van der Waals surface area contributed by atoms with Gasteiger partial charge in [-0.2, -0.15) is 13.2 Å². The van der Waals surface area contributed by atoms with Crippen molar-refractivity contribution in [1.82, 2.24) is 0 Å². The molecule has 179 valence electrons. The quantitative estimate of drug-likeness (QED) is 0.400. The van der Waals surface area contributed by atoms with Crippen LogP contribution in [0.3, 0.4) is 0 Å². The molecule has 2 fully saturated rings. The Labute approximate surface area is 192 Å². The van der Waals surface area contributed by atoms with E-state index in [1.54, 1.807) is 0 Å². The van der Waals surface area contributed by atoms with Crippen molar-refractivity contribution >= 4 is 0 Å². The van der Waals surface area contributed by atoms with Gasteiger partial charge in [-0.15, -0.1) is 0 Å². The van der Waals surface area contributed by atoms with E-state index < -0.39 is 23.4 Å². The Morgan fingerprint density at radius 2 is 1.45 bits per heavy atom. The van der Waals surface area contributed by atoms with Gasteiger partial charge >= 0.3 is 6.18 Å². The van der Waals surface area contributed by atoms with Crippen LogP contribution in [-0.2, 0) is 6.18 Å². The minimum atomic E-state index is -4.47. The van der Waals surface area contributed by atoms with Gasteiger partial charge in [-0.3, -0.25) is 0 Å². The van der Waals surface area contributed by atoms with Crippen LogP contribution in [0.15, 0.2) is 30.3 Å². The second kappa shape index (κ2) is 10.0. The molecule has 0 saturated heterocycles. The molecule has 0 unspecified atom stereocenters. The summed E-state index contributed by atoms with van der Waals surface area (Å²) in [5, 5.41) is 0. The summed E-state index contributed by atoms with van der Waals surface area (Å²) in [5.41, 5.74) is -0.803. The molecule has 2 saturated carbocycles. The van der Waals surface area contributed by atoms with Crippen molar-refractivity contribution in [3.05, 3.63) is 59.2 Å². The monoisotopic (exact) mass is 465 g/mol. The molecule has 0 N–H and O–H groups in total. The van der Waals surface area contributed by atoms with Crippen molar-refractivity contribution in [3.63, 3.8) is 0 Å². The summed E-state index contributed by atoms with van der Waals surface area (Å²) in [6.07, 6.45) is 5.31. The molecule has 33 heavy (non-hydrogen) atoms. The minimum absolute atomic E-state index is 0.0174. The lowest BCUT2D eigenvalue weighted by Crippen LogP contribution is -2.25. The van der Waals surface area contributed by atoms with Crippen LogP contribution in [-0.4, -0.2) is 0 Å². The lowest BCUT2D eigenvalue weighted by Gasteiger charge is -2.38. The highest BCUT2D eigenvalue weighted by Crippen LogP contribution is 2.46. The van der Waals surface area contributed by atoms with E-state index in [2.05, 4.69) is 13.0 Å². The van der Waals surface area contributed by atoms with E-state index in [-0.39, 0.29) is 23.0 Å². The maximum atomic E-state index is 15.2. The molecule has 2 aliphatic carbocycles. The zero-order valence-corrected chi connectivity index (χ0v) is 18.9. The Morgan fingerprint density at radius 1 is 0.879 bits per heavy atom. The number of benzene rings is 2. The maximum Gasteiger partial charge on any atom is 0.416 e. The summed E-state index contributed by atoms with van der Waals surface area (Å²) in [6.45, 7) is 2.26. The van der Waals surface area contributed by atoms with Crippen LogP contribution < -0.4 is 4.74 Å². The van der Waals surface area contributed by atoms with Crippen LogP contribution in [0.4, 0.5) is 22.0 Å². The Kier molecular flexibility index (Phi) is 7.30. The average Bonchev–Trinajstić information content (AvgIpc) is 2.81. The number of hydrogen-bond acceptors (Lipinski definition) is 1. The highest BCUT2D eigenvalue weighted by Gasteiger charge is 2.34. The standard InChI is InChI=1S/C27H30F5O/c1-2-17-3-5-18(6-4-17)19-7-9-20(10-8-19)25-23(28)15-16-24(26(25)29)33-22-13-11-21(12-14-22)27(30,31)32/h11-15,17-20H,2-10H2,1H3/t17-,18-,19?,20?. The molecule has 2 aromatic carbocycles. The van der Waals surface area contributed by atoms with Gasteiger partial charge in [-0.1, -0.05) is 26.2 Å². The van der Waals surface area contributed by atoms with Crippen LogP contribution in [0, 0.1) is 35.5 Å². The second-order valence-electron chi connectivity index (χ2n) is 9.62. The average molecular weight is 466 g/mol. The van der Waals surface area contributed by atoms with E-state index in [0.29, 0.717) is 5.92 Å². The third kappa shape index (κ3) is 5.52. The molecule has 2 aliphatic rings. The maximum absolute atomic E-state index is 15.2. The van der Waals surface area contributed by atoms with Gasteiger partial charge in [0.2, 0.25) is 0 Å². The van der Waals surface area contributed by atoms with E-state index in [1.807, 2.05) is 0 Å². The molecule has 1 radical (unpaired) electrons. The largest absolute Gasteiger partial charge is 0.454 e. The van der Waals surface area contributed by atoms with Gasteiger partial charge in [-0.25, -0.2) is 8.78 Å². The van der Waals surface area contributed by atoms with Crippen LogP contribution >= 0.6 is 0 Å². The SMILES string of the molecule is CC[C@H]1CC[C@H](C2CCC(c3c(F)c[c]c(Oc4ccc(C(F)(F)F)cc4)c3F)CC2)CC1. The van der Waals surface area contributed by atoms with E-state index in [1.165, 1.54) is 32.1 Å². The van der Waals surface area contributed by atoms with Gasteiger partial charge in [0.25, 0.3) is 0 Å². The number of alkyl halides is 3. The summed E-state index contributed by atoms with van der Waals surface area (Å²) in [7, 11) is 0.